The second-order valence-electron chi connectivity index (χ2n) is 4.14. The van der Waals surface area contributed by atoms with E-state index in [2.05, 4.69) is 5.32 Å². The summed E-state index contributed by atoms with van der Waals surface area (Å²) in [5.41, 5.74) is 6.60. The molecule has 0 aliphatic heterocycles. The summed E-state index contributed by atoms with van der Waals surface area (Å²) in [7, 11) is 0. The third-order valence-corrected chi connectivity index (χ3v) is 2.84. The van der Waals surface area contributed by atoms with Crippen LogP contribution in [-0.4, -0.2) is 36.3 Å². The SMILES string of the molecule is CCN(CC)C(=O)c1ccc(NC(=O)CCN)cc1. The number of hydrogen-bond donors (Lipinski definition) is 2. The molecule has 3 N–H and O–H groups in total. The van der Waals surface area contributed by atoms with Gasteiger partial charge in [0.05, 0.1) is 0 Å². The Balaban J connectivity index is 2.70. The van der Waals surface area contributed by atoms with Crippen LogP contribution in [-0.2, 0) is 4.79 Å². The van der Waals surface area contributed by atoms with Crippen molar-refractivity contribution in [2.75, 3.05) is 25.0 Å². The van der Waals surface area contributed by atoms with Gasteiger partial charge in [-0.05, 0) is 38.1 Å². The molecule has 0 atom stereocenters. The third-order valence-electron chi connectivity index (χ3n) is 2.84. The van der Waals surface area contributed by atoms with E-state index in [0.29, 0.717) is 37.3 Å². The highest BCUT2D eigenvalue weighted by molar-refractivity contribution is 5.95. The van der Waals surface area contributed by atoms with E-state index in [0.717, 1.165) is 0 Å². The maximum atomic E-state index is 12.1. The van der Waals surface area contributed by atoms with Crippen molar-refractivity contribution in [3.63, 3.8) is 0 Å². The predicted octanol–water partition coefficient (Wildman–Crippen LogP) is 1.46. The first-order valence-electron chi connectivity index (χ1n) is 6.51. The summed E-state index contributed by atoms with van der Waals surface area (Å²) in [6.07, 6.45) is 0.292. The highest BCUT2D eigenvalue weighted by Gasteiger charge is 2.12. The fraction of sp³-hybridized carbons (Fsp3) is 0.429. The van der Waals surface area contributed by atoms with Gasteiger partial charge in [-0.2, -0.15) is 0 Å². The van der Waals surface area contributed by atoms with Gasteiger partial charge in [0.25, 0.3) is 5.91 Å². The Hall–Kier alpha value is -1.88. The van der Waals surface area contributed by atoms with Crippen LogP contribution in [0.5, 0.6) is 0 Å². The number of benzene rings is 1. The Bertz CT molecular complexity index is 425. The fourth-order valence-corrected chi connectivity index (χ4v) is 1.74. The van der Waals surface area contributed by atoms with Crippen LogP contribution in [0, 0.1) is 0 Å². The van der Waals surface area contributed by atoms with E-state index in [1.54, 1.807) is 29.2 Å². The number of anilines is 1. The van der Waals surface area contributed by atoms with Crippen molar-refractivity contribution in [2.24, 2.45) is 5.73 Å². The number of carbonyl (C=O) groups excluding carboxylic acids is 2. The monoisotopic (exact) mass is 263 g/mol. The van der Waals surface area contributed by atoms with Gasteiger partial charge < -0.3 is 16.0 Å². The summed E-state index contributed by atoms with van der Waals surface area (Å²) in [5.74, 6) is -0.116. The molecule has 1 aromatic rings. The molecule has 104 valence electrons. The second-order valence-corrected chi connectivity index (χ2v) is 4.14. The van der Waals surface area contributed by atoms with Crippen LogP contribution < -0.4 is 11.1 Å². The number of carbonyl (C=O) groups is 2. The van der Waals surface area contributed by atoms with Gasteiger partial charge in [-0.25, -0.2) is 0 Å². The zero-order valence-corrected chi connectivity index (χ0v) is 11.5. The summed E-state index contributed by atoms with van der Waals surface area (Å²) in [4.78, 5) is 25.2. The van der Waals surface area contributed by atoms with E-state index in [-0.39, 0.29) is 11.8 Å². The second kappa shape index (κ2) is 7.53. The molecule has 0 aliphatic carbocycles. The molecule has 0 spiro atoms. The van der Waals surface area contributed by atoms with E-state index in [4.69, 9.17) is 5.73 Å². The smallest absolute Gasteiger partial charge is 0.253 e. The van der Waals surface area contributed by atoms with Gasteiger partial charge in [-0.1, -0.05) is 0 Å². The molecule has 19 heavy (non-hydrogen) atoms. The number of nitrogens with two attached hydrogens (primary N) is 1. The predicted molar refractivity (Wildman–Crippen MR) is 76.0 cm³/mol. The van der Waals surface area contributed by atoms with Gasteiger partial charge in [0, 0.05) is 37.3 Å². The summed E-state index contributed by atoms with van der Waals surface area (Å²) in [6.45, 7) is 5.59. The number of hydrogen-bond acceptors (Lipinski definition) is 3. The first-order valence-corrected chi connectivity index (χ1v) is 6.51. The Morgan fingerprint density at radius 3 is 2.21 bits per heavy atom. The lowest BCUT2D eigenvalue weighted by molar-refractivity contribution is -0.116. The van der Waals surface area contributed by atoms with E-state index < -0.39 is 0 Å². The molecule has 0 saturated carbocycles. The first-order chi connectivity index (χ1) is 9.12. The van der Waals surface area contributed by atoms with E-state index >= 15 is 0 Å². The summed E-state index contributed by atoms with van der Waals surface area (Å²) < 4.78 is 0. The van der Waals surface area contributed by atoms with Crippen molar-refractivity contribution in [3.8, 4) is 0 Å². The summed E-state index contributed by atoms with van der Waals surface area (Å²) in [5, 5.41) is 2.72. The Morgan fingerprint density at radius 2 is 1.74 bits per heavy atom. The molecule has 5 nitrogen and oxygen atoms in total. The summed E-state index contributed by atoms with van der Waals surface area (Å²) in [6, 6.07) is 6.90. The van der Waals surface area contributed by atoms with Crippen LogP contribution in [0.25, 0.3) is 0 Å². The largest absolute Gasteiger partial charge is 0.339 e. The first kappa shape index (κ1) is 15.2. The van der Waals surface area contributed by atoms with Gasteiger partial charge >= 0.3 is 0 Å². The van der Waals surface area contributed by atoms with Crippen LogP contribution >= 0.6 is 0 Å². The van der Waals surface area contributed by atoms with Crippen LogP contribution in [0.4, 0.5) is 5.69 Å². The topological polar surface area (TPSA) is 75.4 Å². The third kappa shape index (κ3) is 4.37. The van der Waals surface area contributed by atoms with Crippen molar-refractivity contribution < 1.29 is 9.59 Å². The molecule has 0 saturated heterocycles. The average molecular weight is 263 g/mol. The van der Waals surface area contributed by atoms with Crippen molar-refractivity contribution >= 4 is 17.5 Å². The standard InChI is InChI=1S/C14H21N3O2/c1-3-17(4-2)14(19)11-5-7-12(8-6-11)16-13(18)9-10-15/h5-8H,3-4,9-10,15H2,1-2H3,(H,16,18). The minimum atomic E-state index is -0.120. The molecule has 0 radical (unpaired) electrons. The minimum absolute atomic E-state index is 0.00448. The molecular weight excluding hydrogens is 242 g/mol. The Kier molecular flexibility index (Phi) is 6.02. The van der Waals surface area contributed by atoms with Gasteiger partial charge in [0.2, 0.25) is 5.91 Å². The molecule has 5 heteroatoms. The molecule has 0 unspecified atom stereocenters. The van der Waals surface area contributed by atoms with Crippen LogP contribution in [0.3, 0.4) is 0 Å². The maximum absolute atomic E-state index is 12.1. The zero-order chi connectivity index (χ0) is 14.3. The van der Waals surface area contributed by atoms with Gasteiger partial charge in [-0.15, -0.1) is 0 Å². The normalized spacial score (nSPS) is 10.1. The average Bonchev–Trinajstić information content (AvgIpc) is 2.41. The molecule has 0 bridgehead atoms. The van der Waals surface area contributed by atoms with Crippen LogP contribution in [0.15, 0.2) is 24.3 Å². The highest BCUT2D eigenvalue weighted by atomic mass is 16.2. The van der Waals surface area contributed by atoms with Crippen molar-refractivity contribution in [1.82, 2.24) is 4.90 Å². The molecule has 0 aliphatic rings. The van der Waals surface area contributed by atoms with E-state index in [1.165, 1.54) is 0 Å². The minimum Gasteiger partial charge on any atom is -0.339 e. The number of nitrogens with zero attached hydrogens (tertiary/aromatic N) is 1. The zero-order valence-electron chi connectivity index (χ0n) is 11.5. The molecule has 1 aromatic carbocycles. The molecule has 1 rings (SSSR count). The van der Waals surface area contributed by atoms with Crippen LogP contribution in [0.2, 0.25) is 0 Å². The lowest BCUT2D eigenvalue weighted by Crippen LogP contribution is -2.30. The van der Waals surface area contributed by atoms with Crippen molar-refractivity contribution in [2.45, 2.75) is 20.3 Å². The van der Waals surface area contributed by atoms with E-state index in [9.17, 15) is 9.59 Å². The molecular formula is C14H21N3O2. The Labute approximate surface area is 113 Å². The number of amides is 2. The highest BCUT2D eigenvalue weighted by Crippen LogP contribution is 2.12. The van der Waals surface area contributed by atoms with Crippen LogP contribution in [0.1, 0.15) is 30.6 Å². The molecule has 0 fully saturated rings. The lowest BCUT2D eigenvalue weighted by atomic mass is 10.1. The molecule has 0 heterocycles. The number of rotatable bonds is 6. The van der Waals surface area contributed by atoms with Gasteiger partial charge in [-0.3, -0.25) is 9.59 Å². The molecule has 0 aromatic heterocycles. The maximum Gasteiger partial charge on any atom is 0.253 e. The van der Waals surface area contributed by atoms with E-state index in [1.807, 2.05) is 13.8 Å². The van der Waals surface area contributed by atoms with Crippen molar-refractivity contribution in [3.05, 3.63) is 29.8 Å². The quantitative estimate of drug-likeness (QED) is 0.815. The Morgan fingerprint density at radius 1 is 1.16 bits per heavy atom. The van der Waals surface area contributed by atoms with Crippen molar-refractivity contribution in [1.29, 1.82) is 0 Å². The summed E-state index contributed by atoms with van der Waals surface area (Å²) >= 11 is 0. The fourth-order valence-electron chi connectivity index (χ4n) is 1.74. The number of nitrogens with one attached hydrogen (secondary N) is 1. The molecule has 2 amide bonds. The van der Waals surface area contributed by atoms with Gasteiger partial charge in [0.1, 0.15) is 0 Å². The van der Waals surface area contributed by atoms with Gasteiger partial charge in [0.15, 0.2) is 0 Å². The lowest BCUT2D eigenvalue weighted by Gasteiger charge is -2.18.